The minimum Gasteiger partial charge on any atom is -0.346 e. The van der Waals surface area contributed by atoms with E-state index in [4.69, 9.17) is 14.5 Å². The van der Waals surface area contributed by atoms with Crippen molar-refractivity contribution in [2.45, 2.75) is 64.6 Å². The van der Waals surface area contributed by atoms with Crippen molar-refractivity contribution >= 4 is 11.3 Å². The zero-order valence-electron chi connectivity index (χ0n) is 13.1. The second-order valence-corrected chi connectivity index (χ2v) is 6.44. The summed E-state index contributed by atoms with van der Waals surface area (Å²) in [4.78, 5) is 10.7. The molecule has 1 aliphatic heterocycles. The molecule has 0 bridgehead atoms. The van der Waals surface area contributed by atoms with Crippen molar-refractivity contribution < 1.29 is 14.5 Å². The third-order valence-electron chi connectivity index (χ3n) is 3.57. The SMILES string of the molecule is CCC/C=C/CCCCCOC1(C)Cc2cscc2OO1. The van der Waals surface area contributed by atoms with Gasteiger partial charge in [0.25, 0.3) is 0 Å². The molecule has 2 heterocycles. The first kappa shape index (κ1) is 16.5. The van der Waals surface area contributed by atoms with Gasteiger partial charge in [0.05, 0.1) is 6.61 Å². The Morgan fingerprint density at radius 2 is 2.10 bits per heavy atom. The fourth-order valence-corrected chi connectivity index (χ4v) is 3.07. The van der Waals surface area contributed by atoms with E-state index in [0.29, 0.717) is 0 Å². The van der Waals surface area contributed by atoms with Crippen LogP contribution in [0.4, 0.5) is 0 Å². The van der Waals surface area contributed by atoms with Crippen LogP contribution in [0.25, 0.3) is 0 Å². The Kier molecular flexibility index (Phi) is 6.74. The summed E-state index contributed by atoms with van der Waals surface area (Å²) in [5.41, 5.74) is 1.18. The van der Waals surface area contributed by atoms with Crippen LogP contribution in [0.5, 0.6) is 5.75 Å². The number of ether oxygens (including phenoxy) is 1. The van der Waals surface area contributed by atoms with Crippen LogP contribution in [-0.4, -0.2) is 12.4 Å². The van der Waals surface area contributed by atoms with Gasteiger partial charge in [0.2, 0.25) is 5.79 Å². The van der Waals surface area contributed by atoms with Gasteiger partial charge in [0.1, 0.15) is 0 Å². The molecule has 118 valence electrons. The molecular formula is C17H26O3S. The molecule has 0 amide bonds. The summed E-state index contributed by atoms with van der Waals surface area (Å²) in [5, 5.41) is 4.06. The molecule has 1 unspecified atom stereocenters. The lowest BCUT2D eigenvalue weighted by Gasteiger charge is -2.31. The van der Waals surface area contributed by atoms with Gasteiger partial charge in [-0.05, 0) is 38.0 Å². The molecule has 2 rings (SSSR count). The second-order valence-electron chi connectivity index (χ2n) is 5.70. The molecule has 1 atom stereocenters. The highest BCUT2D eigenvalue weighted by Gasteiger charge is 2.34. The van der Waals surface area contributed by atoms with Crippen LogP contribution in [0.15, 0.2) is 22.9 Å². The third-order valence-corrected chi connectivity index (χ3v) is 4.34. The van der Waals surface area contributed by atoms with Crippen LogP contribution in [0.1, 0.15) is 57.9 Å². The summed E-state index contributed by atoms with van der Waals surface area (Å²) >= 11 is 1.63. The Labute approximate surface area is 131 Å². The molecule has 0 radical (unpaired) electrons. The van der Waals surface area contributed by atoms with Crippen LogP contribution in [0.3, 0.4) is 0 Å². The number of hydrogen-bond donors (Lipinski definition) is 0. The summed E-state index contributed by atoms with van der Waals surface area (Å²) in [6, 6.07) is 0. The van der Waals surface area contributed by atoms with E-state index in [1.807, 2.05) is 12.3 Å². The molecule has 3 nitrogen and oxygen atoms in total. The molecule has 0 aliphatic carbocycles. The van der Waals surface area contributed by atoms with Gasteiger partial charge in [-0.1, -0.05) is 31.9 Å². The maximum atomic E-state index is 5.88. The highest BCUT2D eigenvalue weighted by atomic mass is 32.1. The average molecular weight is 310 g/mol. The van der Waals surface area contributed by atoms with Gasteiger partial charge in [-0.25, -0.2) is 0 Å². The average Bonchev–Trinajstić information content (AvgIpc) is 2.92. The molecular weight excluding hydrogens is 284 g/mol. The molecule has 0 saturated heterocycles. The summed E-state index contributed by atoms with van der Waals surface area (Å²) < 4.78 is 5.88. The molecule has 1 aromatic rings. The maximum absolute atomic E-state index is 5.88. The first-order chi connectivity index (χ1) is 10.2. The Hall–Kier alpha value is -0.840. The largest absolute Gasteiger partial charge is 0.346 e. The number of fused-ring (bicyclic) bond motifs is 1. The van der Waals surface area contributed by atoms with Gasteiger partial charge < -0.3 is 9.62 Å². The van der Waals surface area contributed by atoms with Crippen LogP contribution in [-0.2, 0) is 16.0 Å². The van der Waals surface area contributed by atoms with E-state index < -0.39 is 5.79 Å². The quantitative estimate of drug-likeness (QED) is 0.353. The van der Waals surface area contributed by atoms with Gasteiger partial charge >= 0.3 is 0 Å². The Morgan fingerprint density at radius 1 is 1.24 bits per heavy atom. The van der Waals surface area contributed by atoms with E-state index in [1.165, 1.54) is 37.7 Å². The normalized spacial score (nSPS) is 21.4. The number of rotatable bonds is 9. The number of unbranched alkanes of at least 4 members (excludes halogenated alkanes) is 4. The molecule has 0 saturated carbocycles. The fraction of sp³-hybridized carbons (Fsp3) is 0.647. The number of thiophene rings is 1. The fourth-order valence-electron chi connectivity index (χ4n) is 2.33. The lowest BCUT2D eigenvalue weighted by atomic mass is 10.1. The van der Waals surface area contributed by atoms with Crippen molar-refractivity contribution in [2.24, 2.45) is 0 Å². The summed E-state index contributed by atoms with van der Waals surface area (Å²) in [6.07, 6.45) is 12.4. The molecule has 1 aliphatic rings. The van der Waals surface area contributed by atoms with Gasteiger partial charge in [-0.3, -0.25) is 0 Å². The Bertz CT molecular complexity index is 441. The van der Waals surface area contributed by atoms with Crippen molar-refractivity contribution in [2.75, 3.05) is 6.61 Å². The zero-order valence-corrected chi connectivity index (χ0v) is 13.9. The van der Waals surface area contributed by atoms with Crippen LogP contribution in [0.2, 0.25) is 0 Å². The van der Waals surface area contributed by atoms with E-state index in [2.05, 4.69) is 24.5 Å². The first-order valence-electron chi connectivity index (χ1n) is 7.93. The third kappa shape index (κ3) is 5.46. The summed E-state index contributed by atoms with van der Waals surface area (Å²) in [6.45, 7) is 4.87. The lowest BCUT2D eigenvalue weighted by Crippen LogP contribution is -2.39. The van der Waals surface area contributed by atoms with Crippen LogP contribution < -0.4 is 4.89 Å². The molecule has 1 aromatic heterocycles. The summed E-state index contributed by atoms with van der Waals surface area (Å²) in [7, 11) is 0. The monoisotopic (exact) mass is 310 g/mol. The van der Waals surface area contributed by atoms with E-state index in [1.54, 1.807) is 11.3 Å². The number of allylic oxidation sites excluding steroid dienone is 2. The van der Waals surface area contributed by atoms with Gasteiger partial charge in [-0.15, -0.1) is 11.3 Å². The van der Waals surface area contributed by atoms with Crippen molar-refractivity contribution in [3.8, 4) is 5.75 Å². The Balaban J connectivity index is 1.57. The van der Waals surface area contributed by atoms with E-state index in [0.717, 1.165) is 25.2 Å². The minimum atomic E-state index is -0.644. The van der Waals surface area contributed by atoms with Crippen molar-refractivity contribution in [1.29, 1.82) is 0 Å². The zero-order chi connectivity index (χ0) is 15.0. The number of hydrogen-bond acceptors (Lipinski definition) is 4. The standard InChI is InChI=1S/C17H26O3S/c1-3-4-5-6-7-8-9-10-11-18-17(2)12-15-13-21-14-16(15)19-20-17/h5-6,13-14H,3-4,7-12H2,1-2H3/b6-5+. The van der Waals surface area contributed by atoms with E-state index >= 15 is 0 Å². The molecule has 0 spiro atoms. The topological polar surface area (TPSA) is 27.7 Å². The minimum absolute atomic E-state index is 0.644. The van der Waals surface area contributed by atoms with Gasteiger partial charge in [-0.2, -0.15) is 4.89 Å². The predicted octanol–water partition coefficient (Wildman–Crippen LogP) is 5.26. The molecule has 4 heteroatoms. The van der Waals surface area contributed by atoms with E-state index in [9.17, 15) is 0 Å². The maximum Gasteiger partial charge on any atom is 0.214 e. The first-order valence-corrected chi connectivity index (χ1v) is 8.87. The van der Waals surface area contributed by atoms with E-state index in [-0.39, 0.29) is 0 Å². The molecule has 0 fully saturated rings. The van der Waals surface area contributed by atoms with Crippen LogP contribution in [0, 0.1) is 0 Å². The molecule has 0 N–H and O–H groups in total. The highest BCUT2D eigenvalue weighted by Crippen LogP contribution is 2.35. The second kappa shape index (κ2) is 8.57. The molecule has 21 heavy (non-hydrogen) atoms. The smallest absolute Gasteiger partial charge is 0.214 e. The van der Waals surface area contributed by atoms with Gasteiger partial charge in [0, 0.05) is 17.4 Å². The molecule has 0 aromatic carbocycles. The highest BCUT2D eigenvalue weighted by molar-refractivity contribution is 7.08. The van der Waals surface area contributed by atoms with Crippen LogP contribution >= 0.6 is 11.3 Å². The van der Waals surface area contributed by atoms with Crippen molar-refractivity contribution in [1.82, 2.24) is 0 Å². The lowest BCUT2D eigenvalue weighted by molar-refractivity contribution is -0.382. The predicted molar refractivity (Wildman–Crippen MR) is 86.6 cm³/mol. The van der Waals surface area contributed by atoms with Crippen molar-refractivity contribution in [3.63, 3.8) is 0 Å². The van der Waals surface area contributed by atoms with Gasteiger partial charge in [0.15, 0.2) is 5.75 Å². The summed E-state index contributed by atoms with van der Waals surface area (Å²) in [5.74, 6) is 0.190. The Morgan fingerprint density at radius 3 is 2.95 bits per heavy atom. The van der Waals surface area contributed by atoms with Crippen molar-refractivity contribution in [3.05, 3.63) is 28.5 Å².